The van der Waals surface area contributed by atoms with Crippen molar-refractivity contribution in [3.8, 4) is 11.5 Å². The second-order valence-corrected chi connectivity index (χ2v) is 7.98. The maximum atomic E-state index is 14.4. The van der Waals surface area contributed by atoms with E-state index in [1.807, 2.05) is 13.1 Å². The van der Waals surface area contributed by atoms with Crippen LogP contribution in [0.2, 0.25) is 0 Å². The highest BCUT2D eigenvalue weighted by Gasteiger charge is 2.17. The molecule has 0 fully saturated rings. The molecule has 190 valence electrons. The topological polar surface area (TPSA) is 140 Å². The van der Waals surface area contributed by atoms with Crippen molar-refractivity contribution in [3.63, 3.8) is 0 Å². The quantitative estimate of drug-likeness (QED) is 0.269. The molecule has 1 atom stereocenters. The number of nitrogens with two attached hydrogens (primary N) is 1. The van der Waals surface area contributed by atoms with Gasteiger partial charge in [-0.05, 0) is 49.0 Å². The van der Waals surface area contributed by atoms with E-state index in [2.05, 4.69) is 25.9 Å². The second kappa shape index (κ2) is 11.3. The zero-order valence-electron chi connectivity index (χ0n) is 20.1. The Hall–Kier alpha value is -4.77. The molecule has 2 amide bonds. The van der Waals surface area contributed by atoms with Crippen LogP contribution < -0.4 is 31.2 Å². The number of primary amides is 1. The van der Waals surface area contributed by atoms with Crippen molar-refractivity contribution in [2.45, 2.75) is 6.04 Å². The Morgan fingerprint density at radius 1 is 1.08 bits per heavy atom. The molecule has 10 nitrogen and oxygen atoms in total. The van der Waals surface area contributed by atoms with Crippen LogP contribution in [0.4, 0.5) is 20.7 Å². The highest BCUT2D eigenvalue weighted by atomic mass is 19.1. The first-order chi connectivity index (χ1) is 17.9. The van der Waals surface area contributed by atoms with Crippen molar-refractivity contribution < 1.29 is 23.5 Å². The van der Waals surface area contributed by atoms with E-state index in [1.165, 1.54) is 25.6 Å². The minimum absolute atomic E-state index is 0.0995. The molecule has 11 heteroatoms. The van der Waals surface area contributed by atoms with Crippen molar-refractivity contribution in [2.75, 3.05) is 31.3 Å². The van der Waals surface area contributed by atoms with E-state index in [4.69, 9.17) is 15.2 Å². The molecular weight excluding hydrogens is 479 g/mol. The Bertz CT molecular complexity index is 1450. The molecule has 1 aromatic heterocycles. The summed E-state index contributed by atoms with van der Waals surface area (Å²) in [4.78, 5) is 32.6. The number of nitrogens with zero attached hydrogens (tertiary/aromatic N) is 2. The molecule has 4 aromatic rings. The van der Waals surface area contributed by atoms with Gasteiger partial charge in [-0.2, -0.15) is 0 Å². The zero-order valence-corrected chi connectivity index (χ0v) is 20.1. The smallest absolute Gasteiger partial charge is 0.410 e. The van der Waals surface area contributed by atoms with E-state index < -0.39 is 17.8 Å². The van der Waals surface area contributed by atoms with Crippen LogP contribution in [0.15, 0.2) is 67.0 Å². The van der Waals surface area contributed by atoms with Crippen LogP contribution in [0.5, 0.6) is 11.5 Å². The zero-order chi connectivity index (χ0) is 26.4. The predicted molar refractivity (Wildman–Crippen MR) is 137 cm³/mol. The summed E-state index contributed by atoms with van der Waals surface area (Å²) >= 11 is 0. The number of amides is 2. The van der Waals surface area contributed by atoms with Crippen LogP contribution in [0.1, 0.15) is 22.0 Å². The number of aromatic nitrogens is 2. The van der Waals surface area contributed by atoms with Crippen molar-refractivity contribution in [2.24, 2.45) is 5.73 Å². The fourth-order valence-corrected chi connectivity index (χ4v) is 3.83. The largest absolute Gasteiger partial charge is 0.497 e. The fraction of sp³-hybridized carbons (Fsp3) is 0.154. The maximum absolute atomic E-state index is 14.4. The molecule has 37 heavy (non-hydrogen) atoms. The van der Waals surface area contributed by atoms with E-state index in [9.17, 15) is 14.0 Å². The number of ether oxygens (including phenoxy) is 2. The minimum Gasteiger partial charge on any atom is -0.497 e. The molecule has 0 aliphatic carbocycles. The average Bonchev–Trinajstić information content (AvgIpc) is 2.88. The molecule has 5 N–H and O–H groups in total. The monoisotopic (exact) mass is 504 g/mol. The third kappa shape index (κ3) is 5.90. The lowest BCUT2D eigenvalue weighted by Crippen LogP contribution is -2.24. The number of carbonyl (C=O) groups is 2. The van der Waals surface area contributed by atoms with E-state index in [0.29, 0.717) is 34.7 Å². The van der Waals surface area contributed by atoms with Crippen LogP contribution in [0, 0.1) is 5.82 Å². The van der Waals surface area contributed by atoms with Gasteiger partial charge in [0.15, 0.2) is 5.75 Å². The summed E-state index contributed by atoms with van der Waals surface area (Å²) in [7, 11) is 3.23. The third-order valence-corrected chi connectivity index (χ3v) is 5.53. The van der Waals surface area contributed by atoms with Crippen molar-refractivity contribution in [1.82, 2.24) is 15.3 Å². The van der Waals surface area contributed by atoms with Gasteiger partial charge in [0, 0.05) is 23.7 Å². The summed E-state index contributed by atoms with van der Waals surface area (Å²) in [5.41, 5.74) is 6.82. The highest BCUT2D eigenvalue weighted by molar-refractivity contribution is 6.04. The Kier molecular flexibility index (Phi) is 7.74. The van der Waals surface area contributed by atoms with Gasteiger partial charge in [0.1, 0.15) is 29.2 Å². The number of hydrogen-bond donors (Lipinski definition) is 4. The summed E-state index contributed by atoms with van der Waals surface area (Å²) in [6.45, 7) is 0.507. The van der Waals surface area contributed by atoms with E-state index in [1.54, 1.807) is 36.4 Å². The first-order valence-electron chi connectivity index (χ1n) is 11.3. The van der Waals surface area contributed by atoms with E-state index in [0.717, 1.165) is 11.6 Å². The van der Waals surface area contributed by atoms with Gasteiger partial charge in [-0.25, -0.2) is 19.2 Å². The number of anilines is 2. The molecule has 0 radical (unpaired) electrons. The fourth-order valence-electron chi connectivity index (χ4n) is 3.83. The Labute approximate surface area is 212 Å². The van der Waals surface area contributed by atoms with E-state index >= 15 is 0 Å². The molecule has 3 aromatic carbocycles. The number of methoxy groups -OCH3 is 1. The summed E-state index contributed by atoms with van der Waals surface area (Å²) < 4.78 is 24.4. The first kappa shape index (κ1) is 25.3. The highest BCUT2D eigenvalue weighted by Crippen LogP contribution is 2.30. The molecule has 0 saturated carbocycles. The Balaban J connectivity index is 1.60. The van der Waals surface area contributed by atoms with Gasteiger partial charge in [-0.15, -0.1) is 0 Å². The minimum atomic E-state index is -0.943. The van der Waals surface area contributed by atoms with Crippen molar-refractivity contribution in [1.29, 1.82) is 0 Å². The second-order valence-electron chi connectivity index (χ2n) is 7.98. The standard InChI is InChI=1S/C26H25FN6O4/c1-29-13-21(33-24-19-7-4-8-22(37-26(28)35)23(19)30-14-31-24)15-5-3-6-16(11-15)32-25(34)18-10-9-17(36-2)12-20(18)27/h3-12,14,21,29H,13H2,1-2H3,(H2,28,35)(H,32,34)(H,30,31,33). The lowest BCUT2D eigenvalue weighted by atomic mass is 10.1. The van der Waals surface area contributed by atoms with Gasteiger partial charge in [-0.1, -0.05) is 18.2 Å². The number of para-hydroxylation sites is 1. The summed E-state index contributed by atoms with van der Waals surface area (Å²) in [5.74, 6) is -0.217. The number of benzene rings is 3. The van der Waals surface area contributed by atoms with Gasteiger partial charge in [0.2, 0.25) is 0 Å². The van der Waals surface area contributed by atoms with Crippen LogP contribution >= 0.6 is 0 Å². The molecule has 0 aliphatic heterocycles. The Morgan fingerprint density at radius 3 is 2.62 bits per heavy atom. The maximum Gasteiger partial charge on any atom is 0.410 e. The molecule has 1 unspecified atom stereocenters. The average molecular weight is 505 g/mol. The van der Waals surface area contributed by atoms with E-state index in [-0.39, 0.29) is 17.4 Å². The SMILES string of the molecule is CNCC(Nc1ncnc2c(OC(N)=O)cccc12)c1cccc(NC(=O)c2ccc(OC)cc2F)c1. The predicted octanol–water partition coefficient (Wildman–Crippen LogP) is 3.86. The first-order valence-corrected chi connectivity index (χ1v) is 11.3. The van der Waals surface area contributed by atoms with Crippen LogP contribution in [-0.4, -0.2) is 42.7 Å². The number of fused-ring (bicyclic) bond motifs is 1. The lowest BCUT2D eigenvalue weighted by molar-refractivity contribution is 0.102. The molecule has 0 aliphatic rings. The summed E-state index contributed by atoms with van der Waals surface area (Å²) in [6.07, 6.45) is 0.414. The number of carbonyl (C=O) groups excluding carboxylic acids is 2. The van der Waals surface area contributed by atoms with Gasteiger partial charge in [-0.3, -0.25) is 4.79 Å². The van der Waals surface area contributed by atoms with Gasteiger partial charge >= 0.3 is 6.09 Å². The number of nitrogens with one attached hydrogen (secondary N) is 3. The molecule has 4 rings (SSSR count). The van der Waals surface area contributed by atoms with Crippen molar-refractivity contribution in [3.05, 3.63) is 83.9 Å². The molecule has 0 bridgehead atoms. The molecular formula is C26H25FN6O4. The van der Waals surface area contributed by atoms with Gasteiger partial charge < -0.3 is 31.2 Å². The van der Waals surface area contributed by atoms with Crippen LogP contribution in [0.3, 0.4) is 0 Å². The number of rotatable bonds is 9. The molecule has 0 spiro atoms. The van der Waals surface area contributed by atoms with Gasteiger partial charge in [0.05, 0.1) is 18.7 Å². The normalized spacial score (nSPS) is 11.5. The van der Waals surface area contributed by atoms with Crippen LogP contribution in [0.25, 0.3) is 10.9 Å². The molecule has 0 saturated heterocycles. The van der Waals surface area contributed by atoms with Crippen molar-refractivity contribution >= 4 is 34.4 Å². The third-order valence-electron chi connectivity index (χ3n) is 5.53. The van der Waals surface area contributed by atoms with Crippen LogP contribution in [-0.2, 0) is 0 Å². The lowest BCUT2D eigenvalue weighted by Gasteiger charge is -2.21. The van der Waals surface area contributed by atoms with Gasteiger partial charge in [0.25, 0.3) is 5.91 Å². The summed E-state index contributed by atoms with van der Waals surface area (Å²) in [6, 6.07) is 16.0. The molecule has 1 heterocycles. The number of halogens is 1. The summed E-state index contributed by atoms with van der Waals surface area (Å²) in [5, 5.41) is 9.88. The number of likely N-dealkylation sites (N-methyl/N-ethyl adjacent to an activating group) is 1. The Morgan fingerprint density at radius 2 is 1.89 bits per heavy atom. The number of hydrogen-bond acceptors (Lipinski definition) is 8.